The second kappa shape index (κ2) is 8.41. The fraction of sp³-hybridized carbons (Fsp3) is 0.421. The number of piperazine rings is 1. The van der Waals surface area contributed by atoms with Gasteiger partial charge in [-0.05, 0) is 43.3 Å². The van der Waals surface area contributed by atoms with Gasteiger partial charge in [0.25, 0.3) is 5.56 Å². The summed E-state index contributed by atoms with van der Waals surface area (Å²) in [5.74, 6) is 0.401. The minimum Gasteiger partial charge on any atom is -0.491 e. The highest BCUT2D eigenvalue weighted by atomic mass is 35.5. The number of nitrogens with zero attached hydrogens (tertiary/aromatic N) is 3. The summed E-state index contributed by atoms with van der Waals surface area (Å²) >= 11 is 6.08. The zero-order valence-electron chi connectivity index (χ0n) is 14.5. The van der Waals surface area contributed by atoms with Gasteiger partial charge in [-0.2, -0.15) is 0 Å². The lowest BCUT2D eigenvalue weighted by Crippen LogP contribution is -2.46. The van der Waals surface area contributed by atoms with E-state index in [4.69, 9.17) is 16.3 Å². The minimum absolute atomic E-state index is 0.0595. The van der Waals surface area contributed by atoms with E-state index in [0.717, 1.165) is 44.2 Å². The summed E-state index contributed by atoms with van der Waals surface area (Å²) < 4.78 is 6.81. The number of rotatable bonds is 6. The van der Waals surface area contributed by atoms with E-state index in [0.29, 0.717) is 12.3 Å². The summed E-state index contributed by atoms with van der Waals surface area (Å²) in [6, 6.07) is 11.6. The van der Waals surface area contributed by atoms with E-state index in [2.05, 4.69) is 15.9 Å². The van der Waals surface area contributed by atoms with Gasteiger partial charge in [-0.25, -0.2) is 0 Å². The third-order valence-electron chi connectivity index (χ3n) is 4.62. The summed E-state index contributed by atoms with van der Waals surface area (Å²) in [6.07, 6.45) is 2.77. The molecule has 0 saturated carbocycles. The van der Waals surface area contributed by atoms with Gasteiger partial charge in [0.15, 0.2) is 5.75 Å². The maximum atomic E-state index is 12.1. The Morgan fingerprint density at radius 1 is 1.08 bits per heavy atom. The molecule has 1 saturated heterocycles. The molecule has 1 aliphatic rings. The first-order valence-corrected chi connectivity index (χ1v) is 9.01. The lowest BCUT2D eigenvalue weighted by molar-refractivity contribution is 0.250. The molecule has 25 heavy (non-hydrogen) atoms. The predicted molar refractivity (Wildman–Crippen MR) is 102 cm³/mol. The highest BCUT2D eigenvalue weighted by Crippen LogP contribution is 2.20. The molecule has 0 atom stereocenters. The van der Waals surface area contributed by atoms with E-state index < -0.39 is 0 Å². The maximum absolute atomic E-state index is 12.1. The van der Waals surface area contributed by atoms with E-state index in [1.54, 1.807) is 10.6 Å². The molecular weight excluding hydrogens is 338 g/mol. The number of hydrogen-bond acceptors (Lipinski definition) is 4. The molecule has 0 unspecified atom stereocenters. The van der Waals surface area contributed by atoms with Crippen LogP contribution in [0.2, 0.25) is 5.02 Å². The molecule has 0 N–H and O–H groups in total. The molecule has 0 aliphatic carbocycles. The van der Waals surface area contributed by atoms with Crippen LogP contribution >= 0.6 is 11.6 Å². The number of ether oxygens (including phenoxy) is 1. The molecule has 0 amide bonds. The van der Waals surface area contributed by atoms with E-state index in [-0.39, 0.29) is 5.56 Å². The van der Waals surface area contributed by atoms with Crippen molar-refractivity contribution in [2.24, 2.45) is 0 Å². The number of aryl methyl sites for hydroxylation is 1. The SMILES string of the molecule is COc1cccn(CCCN2CCN(c3cccc(Cl)c3)CC2)c1=O. The van der Waals surface area contributed by atoms with Crippen molar-refractivity contribution in [3.63, 3.8) is 0 Å². The van der Waals surface area contributed by atoms with Gasteiger partial charge in [-0.3, -0.25) is 9.69 Å². The zero-order valence-corrected chi connectivity index (χ0v) is 15.3. The van der Waals surface area contributed by atoms with Crippen molar-refractivity contribution in [2.75, 3.05) is 44.7 Å². The van der Waals surface area contributed by atoms with Gasteiger partial charge in [0.05, 0.1) is 7.11 Å². The molecule has 5 nitrogen and oxygen atoms in total. The van der Waals surface area contributed by atoms with Gasteiger partial charge in [-0.1, -0.05) is 17.7 Å². The zero-order chi connectivity index (χ0) is 17.6. The van der Waals surface area contributed by atoms with Crippen molar-refractivity contribution in [2.45, 2.75) is 13.0 Å². The highest BCUT2D eigenvalue weighted by Gasteiger charge is 2.17. The Hall–Kier alpha value is -1.98. The van der Waals surface area contributed by atoms with Gasteiger partial charge < -0.3 is 14.2 Å². The second-order valence-electron chi connectivity index (χ2n) is 6.24. The lowest BCUT2D eigenvalue weighted by Gasteiger charge is -2.36. The molecule has 6 heteroatoms. The highest BCUT2D eigenvalue weighted by molar-refractivity contribution is 6.30. The third-order valence-corrected chi connectivity index (χ3v) is 4.86. The Balaban J connectivity index is 1.46. The van der Waals surface area contributed by atoms with Crippen LogP contribution in [0.25, 0.3) is 0 Å². The molecule has 1 aliphatic heterocycles. The summed E-state index contributed by atoms with van der Waals surface area (Å²) in [5, 5.41) is 0.781. The Labute approximate surface area is 153 Å². The van der Waals surface area contributed by atoms with Crippen LogP contribution in [0.3, 0.4) is 0 Å². The number of benzene rings is 1. The van der Waals surface area contributed by atoms with Crippen molar-refractivity contribution in [1.82, 2.24) is 9.47 Å². The van der Waals surface area contributed by atoms with E-state index in [1.165, 1.54) is 12.8 Å². The van der Waals surface area contributed by atoms with E-state index in [1.807, 2.05) is 30.5 Å². The molecule has 0 bridgehead atoms. The summed E-state index contributed by atoms with van der Waals surface area (Å²) in [4.78, 5) is 16.9. The van der Waals surface area contributed by atoms with E-state index >= 15 is 0 Å². The molecular formula is C19H24ClN3O2. The topological polar surface area (TPSA) is 37.7 Å². The standard InChI is InChI=1S/C19H24ClN3O2/c1-25-18-7-3-9-23(19(18)24)10-4-8-21-11-13-22(14-12-21)17-6-2-5-16(20)15-17/h2-3,5-7,9,15H,4,8,10-14H2,1H3. The first-order valence-electron chi connectivity index (χ1n) is 8.63. The molecule has 0 spiro atoms. The summed E-state index contributed by atoms with van der Waals surface area (Å²) in [7, 11) is 1.53. The van der Waals surface area contributed by atoms with Crippen LogP contribution in [0.15, 0.2) is 47.4 Å². The Morgan fingerprint density at radius 3 is 2.60 bits per heavy atom. The van der Waals surface area contributed by atoms with Crippen molar-refractivity contribution in [3.8, 4) is 5.75 Å². The van der Waals surface area contributed by atoms with Crippen LogP contribution in [0, 0.1) is 0 Å². The average molecular weight is 362 g/mol. The first kappa shape index (κ1) is 17.8. The molecule has 1 fully saturated rings. The normalized spacial score (nSPS) is 15.4. The van der Waals surface area contributed by atoms with Crippen LogP contribution in [-0.2, 0) is 6.54 Å². The van der Waals surface area contributed by atoms with Crippen molar-refractivity contribution < 1.29 is 4.74 Å². The van der Waals surface area contributed by atoms with Crippen molar-refractivity contribution in [1.29, 1.82) is 0 Å². The number of pyridine rings is 1. The fourth-order valence-electron chi connectivity index (χ4n) is 3.21. The van der Waals surface area contributed by atoms with Gasteiger partial charge in [-0.15, -0.1) is 0 Å². The monoisotopic (exact) mass is 361 g/mol. The fourth-order valence-corrected chi connectivity index (χ4v) is 3.40. The molecule has 1 aromatic carbocycles. The third kappa shape index (κ3) is 4.55. The van der Waals surface area contributed by atoms with Gasteiger partial charge in [0.1, 0.15) is 0 Å². The largest absolute Gasteiger partial charge is 0.491 e. The maximum Gasteiger partial charge on any atom is 0.292 e. The van der Waals surface area contributed by atoms with Gasteiger partial charge >= 0.3 is 0 Å². The summed E-state index contributed by atoms with van der Waals surface area (Å²) in [6.45, 7) is 5.76. The first-order chi connectivity index (χ1) is 12.2. The number of anilines is 1. The second-order valence-corrected chi connectivity index (χ2v) is 6.67. The average Bonchev–Trinajstić information content (AvgIpc) is 2.64. The van der Waals surface area contributed by atoms with Gasteiger partial charge in [0.2, 0.25) is 0 Å². The van der Waals surface area contributed by atoms with Crippen LogP contribution in [0.5, 0.6) is 5.75 Å². The Bertz CT molecular complexity index is 754. The smallest absolute Gasteiger partial charge is 0.292 e. The molecule has 134 valence electrons. The summed E-state index contributed by atoms with van der Waals surface area (Å²) in [5.41, 5.74) is 1.13. The predicted octanol–water partition coefficient (Wildman–Crippen LogP) is 2.72. The Kier molecular flexibility index (Phi) is 6.00. The molecule has 2 aromatic rings. The van der Waals surface area contributed by atoms with Crippen molar-refractivity contribution >= 4 is 17.3 Å². The molecule has 1 aromatic heterocycles. The number of hydrogen-bond donors (Lipinski definition) is 0. The lowest BCUT2D eigenvalue weighted by atomic mass is 10.2. The van der Waals surface area contributed by atoms with Crippen LogP contribution in [-0.4, -0.2) is 49.3 Å². The minimum atomic E-state index is -0.0595. The quantitative estimate of drug-likeness (QED) is 0.793. The van der Waals surface area contributed by atoms with Gasteiger partial charge in [0, 0.05) is 49.6 Å². The Morgan fingerprint density at radius 2 is 1.88 bits per heavy atom. The van der Waals surface area contributed by atoms with Crippen LogP contribution in [0.1, 0.15) is 6.42 Å². The number of methoxy groups -OCH3 is 1. The molecule has 0 radical (unpaired) electrons. The number of halogens is 1. The van der Waals surface area contributed by atoms with Crippen LogP contribution < -0.4 is 15.2 Å². The molecule has 3 rings (SSSR count). The van der Waals surface area contributed by atoms with Crippen molar-refractivity contribution in [3.05, 3.63) is 58.0 Å². The number of aromatic nitrogens is 1. The van der Waals surface area contributed by atoms with E-state index in [9.17, 15) is 4.79 Å². The van der Waals surface area contributed by atoms with Crippen LogP contribution in [0.4, 0.5) is 5.69 Å². The molecule has 2 heterocycles.